The topological polar surface area (TPSA) is 80.0 Å². The SMILES string of the molecule is O=C(Cn1cncn1)NCc1ccc(CO)cc1. The zero-order valence-electron chi connectivity index (χ0n) is 9.78. The molecule has 0 aliphatic carbocycles. The molecular weight excluding hydrogens is 232 g/mol. The minimum absolute atomic E-state index is 0.0267. The van der Waals surface area contributed by atoms with Gasteiger partial charge in [0.2, 0.25) is 5.91 Å². The molecule has 0 bridgehead atoms. The van der Waals surface area contributed by atoms with Crippen molar-refractivity contribution in [3.05, 3.63) is 48.0 Å². The molecule has 0 unspecified atom stereocenters. The van der Waals surface area contributed by atoms with Gasteiger partial charge in [0, 0.05) is 6.54 Å². The number of hydrogen-bond acceptors (Lipinski definition) is 4. The Hall–Kier alpha value is -2.21. The largest absolute Gasteiger partial charge is 0.392 e. The van der Waals surface area contributed by atoms with Crippen molar-refractivity contribution in [2.24, 2.45) is 0 Å². The number of benzene rings is 1. The number of hydrogen-bond donors (Lipinski definition) is 2. The normalized spacial score (nSPS) is 10.3. The average Bonchev–Trinajstić information content (AvgIpc) is 2.90. The van der Waals surface area contributed by atoms with E-state index in [0.717, 1.165) is 11.1 Å². The van der Waals surface area contributed by atoms with Crippen LogP contribution in [0, 0.1) is 0 Å². The lowest BCUT2D eigenvalue weighted by molar-refractivity contribution is -0.122. The number of aliphatic hydroxyl groups is 1. The summed E-state index contributed by atoms with van der Waals surface area (Å²) in [6, 6.07) is 7.42. The van der Waals surface area contributed by atoms with Crippen LogP contribution in [0.1, 0.15) is 11.1 Å². The summed E-state index contributed by atoms with van der Waals surface area (Å²) in [6.07, 6.45) is 2.89. The van der Waals surface area contributed by atoms with Crippen LogP contribution >= 0.6 is 0 Å². The molecule has 0 saturated carbocycles. The third-order valence-electron chi connectivity index (χ3n) is 2.47. The minimum atomic E-state index is -0.119. The number of amides is 1. The highest BCUT2D eigenvalue weighted by atomic mass is 16.3. The summed E-state index contributed by atoms with van der Waals surface area (Å²) in [5, 5.41) is 15.5. The van der Waals surface area contributed by atoms with Gasteiger partial charge in [0.1, 0.15) is 19.2 Å². The quantitative estimate of drug-likeness (QED) is 0.783. The Balaban J connectivity index is 1.81. The van der Waals surface area contributed by atoms with E-state index in [4.69, 9.17) is 5.11 Å². The van der Waals surface area contributed by atoms with Crippen molar-refractivity contribution in [3.8, 4) is 0 Å². The van der Waals surface area contributed by atoms with Gasteiger partial charge in [-0.1, -0.05) is 24.3 Å². The standard InChI is InChI=1S/C12H14N4O2/c17-7-11-3-1-10(2-4-11)5-14-12(18)6-16-9-13-8-15-16/h1-4,8-9,17H,5-7H2,(H,14,18). The molecule has 0 saturated heterocycles. The molecule has 2 rings (SSSR count). The lowest BCUT2D eigenvalue weighted by Crippen LogP contribution is -2.27. The van der Waals surface area contributed by atoms with Gasteiger partial charge in [-0.3, -0.25) is 4.79 Å². The first-order chi connectivity index (χ1) is 8.78. The van der Waals surface area contributed by atoms with Crippen LogP contribution in [0.5, 0.6) is 0 Å². The highest BCUT2D eigenvalue weighted by molar-refractivity contribution is 5.75. The second-order valence-corrected chi connectivity index (χ2v) is 3.84. The summed E-state index contributed by atoms with van der Waals surface area (Å²) in [5.74, 6) is -0.119. The fraction of sp³-hybridized carbons (Fsp3) is 0.250. The highest BCUT2D eigenvalue weighted by Gasteiger charge is 2.02. The van der Waals surface area contributed by atoms with Crippen LogP contribution in [0.25, 0.3) is 0 Å². The maximum atomic E-state index is 11.6. The lowest BCUT2D eigenvalue weighted by atomic mass is 10.1. The van der Waals surface area contributed by atoms with Crippen molar-refractivity contribution >= 4 is 5.91 Å². The molecule has 0 spiro atoms. The van der Waals surface area contributed by atoms with Crippen molar-refractivity contribution in [2.45, 2.75) is 19.7 Å². The van der Waals surface area contributed by atoms with E-state index in [9.17, 15) is 4.79 Å². The zero-order chi connectivity index (χ0) is 12.8. The first-order valence-electron chi connectivity index (χ1n) is 5.55. The molecule has 1 heterocycles. The molecule has 1 amide bonds. The van der Waals surface area contributed by atoms with E-state index in [1.165, 1.54) is 17.3 Å². The Bertz CT molecular complexity index is 493. The van der Waals surface area contributed by atoms with Crippen molar-refractivity contribution < 1.29 is 9.90 Å². The predicted molar refractivity (Wildman–Crippen MR) is 64.2 cm³/mol. The predicted octanol–water partition coefficient (Wildman–Crippen LogP) is 0.0868. The molecule has 0 aliphatic heterocycles. The second-order valence-electron chi connectivity index (χ2n) is 3.84. The van der Waals surface area contributed by atoms with Crippen LogP contribution in [-0.2, 0) is 24.5 Å². The number of aliphatic hydroxyl groups excluding tert-OH is 1. The van der Waals surface area contributed by atoms with Gasteiger partial charge < -0.3 is 10.4 Å². The van der Waals surface area contributed by atoms with Crippen molar-refractivity contribution in [1.82, 2.24) is 20.1 Å². The number of nitrogens with one attached hydrogen (secondary N) is 1. The van der Waals surface area contributed by atoms with Crippen LogP contribution in [-0.4, -0.2) is 25.8 Å². The van der Waals surface area contributed by atoms with Gasteiger partial charge in [0.25, 0.3) is 0 Å². The maximum Gasteiger partial charge on any atom is 0.242 e. The fourth-order valence-electron chi connectivity index (χ4n) is 1.48. The van der Waals surface area contributed by atoms with Crippen LogP contribution in [0.2, 0.25) is 0 Å². The second kappa shape index (κ2) is 5.92. The van der Waals surface area contributed by atoms with Crippen molar-refractivity contribution in [1.29, 1.82) is 0 Å². The van der Waals surface area contributed by atoms with Gasteiger partial charge in [-0.15, -0.1) is 0 Å². The number of aromatic nitrogens is 3. The van der Waals surface area contributed by atoms with Gasteiger partial charge in [0.05, 0.1) is 6.61 Å². The zero-order valence-corrected chi connectivity index (χ0v) is 9.78. The summed E-state index contributed by atoms with van der Waals surface area (Å²) in [5.41, 5.74) is 1.84. The van der Waals surface area contributed by atoms with E-state index in [1.54, 1.807) is 0 Å². The number of nitrogens with zero attached hydrogens (tertiary/aromatic N) is 3. The van der Waals surface area contributed by atoms with Crippen molar-refractivity contribution in [3.63, 3.8) is 0 Å². The van der Waals surface area contributed by atoms with E-state index in [-0.39, 0.29) is 19.1 Å². The fourth-order valence-corrected chi connectivity index (χ4v) is 1.48. The van der Waals surface area contributed by atoms with E-state index >= 15 is 0 Å². The van der Waals surface area contributed by atoms with Gasteiger partial charge in [0.15, 0.2) is 0 Å². The van der Waals surface area contributed by atoms with Gasteiger partial charge in [-0.2, -0.15) is 5.10 Å². The van der Waals surface area contributed by atoms with E-state index in [1.807, 2.05) is 24.3 Å². The summed E-state index contributed by atoms with van der Waals surface area (Å²) >= 11 is 0. The summed E-state index contributed by atoms with van der Waals surface area (Å²) in [4.78, 5) is 15.3. The Labute approximate surface area is 104 Å². The summed E-state index contributed by atoms with van der Waals surface area (Å²) in [6.45, 7) is 0.646. The van der Waals surface area contributed by atoms with Gasteiger partial charge in [-0.25, -0.2) is 9.67 Å². The number of carbonyl (C=O) groups is 1. The monoisotopic (exact) mass is 246 g/mol. The van der Waals surface area contributed by atoms with Crippen LogP contribution in [0.4, 0.5) is 0 Å². The molecule has 0 radical (unpaired) electrons. The number of rotatable bonds is 5. The molecule has 0 fully saturated rings. The Morgan fingerprint density at radius 1 is 1.28 bits per heavy atom. The molecule has 0 aliphatic rings. The van der Waals surface area contributed by atoms with E-state index < -0.39 is 0 Å². The molecule has 18 heavy (non-hydrogen) atoms. The van der Waals surface area contributed by atoms with Gasteiger partial charge in [-0.05, 0) is 11.1 Å². The van der Waals surface area contributed by atoms with Crippen molar-refractivity contribution in [2.75, 3.05) is 0 Å². The van der Waals surface area contributed by atoms with Gasteiger partial charge >= 0.3 is 0 Å². The molecule has 6 nitrogen and oxygen atoms in total. The van der Waals surface area contributed by atoms with E-state index in [0.29, 0.717) is 6.54 Å². The lowest BCUT2D eigenvalue weighted by Gasteiger charge is -2.05. The van der Waals surface area contributed by atoms with E-state index in [2.05, 4.69) is 15.4 Å². The molecule has 2 N–H and O–H groups in total. The number of carbonyl (C=O) groups excluding carboxylic acids is 1. The Morgan fingerprint density at radius 3 is 2.61 bits per heavy atom. The Kier molecular flexibility index (Phi) is 4.03. The molecule has 6 heteroatoms. The van der Waals surface area contributed by atoms with Crippen LogP contribution in [0.3, 0.4) is 0 Å². The minimum Gasteiger partial charge on any atom is -0.392 e. The maximum absolute atomic E-state index is 11.6. The average molecular weight is 246 g/mol. The Morgan fingerprint density at radius 2 is 2.00 bits per heavy atom. The first-order valence-corrected chi connectivity index (χ1v) is 5.55. The summed E-state index contributed by atoms with van der Waals surface area (Å²) < 4.78 is 1.46. The summed E-state index contributed by atoms with van der Waals surface area (Å²) in [7, 11) is 0. The first kappa shape index (κ1) is 12.3. The van der Waals surface area contributed by atoms with Crippen LogP contribution in [0.15, 0.2) is 36.9 Å². The smallest absolute Gasteiger partial charge is 0.242 e. The molecular formula is C12H14N4O2. The third kappa shape index (κ3) is 3.39. The molecule has 94 valence electrons. The molecule has 0 atom stereocenters. The molecule has 1 aromatic carbocycles. The highest BCUT2D eigenvalue weighted by Crippen LogP contribution is 2.03. The molecule has 1 aromatic heterocycles. The van der Waals surface area contributed by atoms with Crippen LogP contribution < -0.4 is 5.32 Å². The molecule has 2 aromatic rings. The third-order valence-corrected chi connectivity index (χ3v) is 2.47.